The molecule has 1 N–H and O–H groups in total. The predicted octanol–water partition coefficient (Wildman–Crippen LogP) is 2.57. The Labute approximate surface area is 126 Å². The van der Waals surface area contributed by atoms with Crippen LogP contribution in [0.3, 0.4) is 0 Å². The molecule has 0 aromatic carbocycles. The quantitative estimate of drug-likeness (QED) is 0.854. The maximum Gasteiger partial charge on any atom is 0.0120 e. The minimum Gasteiger partial charge on any atom is -0.314 e. The third kappa shape index (κ3) is 4.71. The van der Waals surface area contributed by atoms with E-state index in [0.29, 0.717) is 0 Å². The van der Waals surface area contributed by atoms with Gasteiger partial charge in [-0.05, 0) is 70.7 Å². The van der Waals surface area contributed by atoms with Crippen LogP contribution in [0.5, 0.6) is 0 Å². The summed E-state index contributed by atoms with van der Waals surface area (Å²) < 4.78 is 0. The second-order valence-corrected chi connectivity index (χ2v) is 6.98. The van der Waals surface area contributed by atoms with Crippen LogP contribution in [-0.4, -0.2) is 61.2 Å². The third-order valence-corrected chi connectivity index (χ3v) is 5.17. The van der Waals surface area contributed by atoms with Gasteiger partial charge in [-0.15, -0.1) is 0 Å². The highest BCUT2D eigenvalue weighted by Crippen LogP contribution is 2.20. The molecule has 0 amide bonds. The molecule has 2 rings (SSSR count). The molecule has 0 spiro atoms. The number of hydrogen-bond donors (Lipinski definition) is 1. The van der Waals surface area contributed by atoms with Crippen LogP contribution in [-0.2, 0) is 0 Å². The molecular weight excluding hydrogens is 246 g/mol. The van der Waals surface area contributed by atoms with Crippen molar-refractivity contribution in [3.05, 3.63) is 0 Å². The average molecular weight is 281 g/mol. The van der Waals surface area contributed by atoms with Crippen LogP contribution in [0.25, 0.3) is 0 Å². The highest BCUT2D eigenvalue weighted by Gasteiger charge is 2.27. The maximum atomic E-state index is 3.73. The van der Waals surface area contributed by atoms with Gasteiger partial charge in [0.2, 0.25) is 0 Å². The molecule has 2 aliphatic rings. The summed E-state index contributed by atoms with van der Waals surface area (Å²) in [5.41, 5.74) is 0. The first-order valence-electron chi connectivity index (χ1n) is 8.92. The molecule has 2 aliphatic heterocycles. The van der Waals surface area contributed by atoms with E-state index in [1.807, 2.05) is 0 Å². The molecule has 20 heavy (non-hydrogen) atoms. The molecule has 3 heteroatoms. The molecule has 2 heterocycles. The van der Waals surface area contributed by atoms with E-state index in [4.69, 9.17) is 0 Å². The van der Waals surface area contributed by atoms with Crippen LogP contribution in [0.2, 0.25) is 0 Å². The van der Waals surface area contributed by atoms with Gasteiger partial charge in [0.1, 0.15) is 0 Å². The summed E-state index contributed by atoms with van der Waals surface area (Å²) in [6.45, 7) is 14.7. The van der Waals surface area contributed by atoms with Crippen molar-refractivity contribution in [3.63, 3.8) is 0 Å². The zero-order valence-electron chi connectivity index (χ0n) is 13.9. The first-order chi connectivity index (χ1) is 9.72. The van der Waals surface area contributed by atoms with E-state index in [1.165, 1.54) is 71.4 Å². The number of piperidine rings is 1. The fourth-order valence-corrected chi connectivity index (χ4v) is 3.85. The highest BCUT2D eigenvalue weighted by atomic mass is 15.2. The normalized spacial score (nSPS) is 31.9. The highest BCUT2D eigenvalue weighted by molar-refractivity contribution is 4.84. The van der Waals surface area contributed by atoms with Crippen molar-refractivity contribution in [1.29, 1.82) is 0 Å². The number of rotatable bonds is 4. The van der Waals surface area contributed by atoms with Crippen LogP contribution in [0, 0.1) is 5.92 Å². The van der Waals surface area contributed by atoms with Gasteiger partial charge in [0.05, 0.1) is 0 Å². The van der Waals surface area contributed by atoms with Gasteiger partial charge in [0.15, 0.2) is 0 Å². The molecule has 2 fully saturated rings. The van der Waals surface area contributed by atoms with Gasteiger partial charge < -0.3 is 10.2 Å². The Morgan fingerprint density at radius 2 is 1.80 bits per heavy atom. The maximum absolute atomic E-state index is 3.73. The fourth-order valence-electron chi connectivity index (χ4n) is 3.85. The van der Waals surface area contributed by atoms with Crippen molar-refractivity contribution in [3.8, 4) is 0 Å². The first kappa shape index (κ1) is 16.3. The zero-order chi connectivity index (χ0) is 14.4. The largest absolute Gasteiger partial charge is 0.314 e. The van der Waals surface area contributed by atoms with Crippen LogP contribution in [0.15, 0.2) is 0 Å². The minimum atomic E-state index is 0.737. The summed E-state index contributed by atoms with van der Waals surface area (Å²) in [6.07, 6.45) is 6.68. The molecule has 0 aromatic rings. The third-order valence-electron chi connectivity index (χ3n) is 5.17. The van der Waals surface area contributed by atoms with Gasteiger partial charge in [-0.2, -0.15) is 0 Å². The fraction of sp³-hybridized carbons (Fsp3) is 1.00. The van der Waals surface area contributed by atoms with Gasteiger partial charge in [-0.25, -0.2) is 0 Å². The van der Waals surface area contributed by atoms with Gasteiger partial charge in [0, 0.05) is 18.6 Å². The van der Waals surface area contributed by atoms with Crippen molar-refractivity contribution < 1.29 is 0 Å². The summed E-state index contributed by atoms with van der Waals surface area (Å²) in [6, 6.07) is 1.58. The molecule has 118 valence electrons. The van der Waals surface area contributed by atoms with E-state index in [9.17, 15) is 0 Å². The monoisotopic (exact) mass is 281 g/mol. The smallest absolute Gasteiger partial charge is 0.0120 e. The average Bonchev–Trinajstić information content (AvgIpc) is 2.45. The predicted molar refractivity (Wildman–Crippen MR) is 87.2 cm³/mol. The summed E-state index contributed by atoms with van der Waals surface area (Å²) >= 11 is 0. The Balaban J connectivity index is 1.83. The lowest BCUT2D eigenvalue weighted by Crippen LogP contribution is -2.50. The molecule has 0 aromatic heterocycles. The lowest BCUT2D eigenvalue weighted by Gasteiger charge is -2.41. The van der Waals surface area contributed by atoms with E-state index < -0.39 is 0 Å². The standard InChI is InChI=1S/C17H35N3/c1-4-9-19-10-7-17(8-11-19)20-12-6-16(5-2)18-13-15(3)14-20/h15-18H,4-14H2,1-3H3. The summed E-state index contributed by atoms with van der Waals surface area (Å²) in [5.74, 6) is 0.790. The van der Waals surface area contributed by atoms with Crippen molar-refractivity contribution in [2.75, 3.05) is 39.3 Å². The van der Waals surface area contributed by atoms with Crippen molar-refractivity contribution in [2.45, 2.75) is 65.0 Å². The lowest BCUT2D eigenvalue weighted by atomic mass is 9.98. The molecular formula is C17H35N3. The van der Waals surface area contributed by atoms with E-state index in [-0.39, 0.29) is 0 Å². The van der Waals surface area contributed by atoms with E-state index in [0.717, 1.165) is 18.0 Å². The Hall–Kier alpha value is -0.120. The number of nitrogens with zero attached hydrogens (tertiary/aromatic N) is 2. The molecule has 0 radical (unpaired) electrons. The second kappa shape index (κ2) is 8.35. The van der Waals surface area contributed by atoms with Gasteiger partial charge in [-0.3, -0.25) is 4.90 Å². The molecule has 0 saturated carbocycles. The van der Waals surface area contributed by atoms with Crippen LogP contribution in [0.1, 0.15) is 52.9 Å². The van der Waals surface area contributed by atoms with Crippen LogP contribution >= 0.6 is 0 Å². The summed E-state index contributed by atoms with van der Waals surface area (Å²) in [5, 5.41) is 3.73. The molecule has 2 unspecified atom stereocenters. The van der Waals surface area contributed by atoms with Crippen LogP contribution < -0.4 is 5.32 Å². The topological polar surface area (TPSA) is 18.5 Å². The number of nitrogens with one attached hydrogen (secondary N) is 1. The van der Waals surface area contributed by atoms with Crippen LogP contribution in [0.4, 0.5) is 0 Å². The molecule has 3 nitrogen and oxygen atoms in total. The molecule has 2 saturated heterocycles. The van der Waals surface area contributed by atoms with Crippen molar-refractivity contribution in [2.24, 2.45) is 5.92 Å². The van der Waals surface area contributed by atoms with Gasteiger partial charge in [-0.1, -0.05) is 20.8 Å². The Kier molecular flexibility index (Phi) is 6.79. The lowest BCUT2D eigenvalue weighted by molar-refractivity contribution is 0.0850. The van der Waals surface area contributed by atoms with Crippen molar-refractivity contribution >= 4 is 0 Å². The van der Waals surface area contributed by atoms with E-state index >= 15 is 0 Å². The summed E-state index contributed by atoms with van der Waals surface area (Å²) in [7, 11) is 0. The molecule has 2 atom stereocenters. The zero-order valence-corrected chi connectivity index (χ0v) is 13.9. The Bertz CT molecular complexity index is 261. The number of hydrogen-bond acceptors (Lipinski definition) is 3. The second-order valence-electron chi connectivity index (χ2n) is 6.98. The number of likely N-dealkylation sites (tertiary alicyclic amines) is 1. The van der Waals surface area contributed by atoms with E-state index in [2.05, 4.69) is 35.9 Å². The Morgan fingerprint density at radius 1 is 1.05 bits per heavy atom. The minimum absolute atomic E-state index is 0.737. The first-order valence-corrected chi connectivity index (χ1v) is 8.92. The molecule has 0 aliphatic carbocycles. The SMILES string of the molecule is CCCN1CCC(N2CCC(CC)NCC(C)C2)CC1. The molecule has 0 bridgehead atoms. The van der Waals surface area contributed by atoms with Crippen molar-refractivity contribution in [1.82, 2.24) is 15.1 Å². The summed E-state index contributed by atoms with van der Waals surface area (Å²) in [4.78, 5) is 5.47. The van der Waals surface area contributed by atoms with E-state index in [1.54, 1.807) is 0 Å². The van der Waals surface area contributed by atoms with Gasteiger partial charge in [0.25, 0.3) is 0 Å². The van der Waals surface area contributed by atoms with Gasteiger partial charge >= 0.3 is 0 Å². The Morgan fingerprint density at radius 3 is 2.45 bits per heavy atom.